The zero-order valence-electron chi connectivity index (χ0n) is 35.5. The lowest BCUT2D eigenvalue weighted by atomic mass is 10.0. The predicted molar refractivity (Wildman–Crippen MR) is 224 cm³/mol. The quantitative estimate of drug-likeness (QED) is 0.0313. The van der Waals surface area contributed by atoms with E-state index in [4.69, 9.17) is 23.6 Å². The van der Waals surface area contributed by atoms with E-state index in [1.807, 2.05) is 0 Å². The Morgan fingerprint density at radius 3 is 1.20 bits per heavy atom. The van der Waals surface area contributed by atoms with Crippen LogP contribution in [0.3, 0.4) is 0 Å². The van der Waals surface area contributed by atoms with Crippen LogP contribution in [0, 0.1) is 0 Å². The Kier molecular flexibility index (Phi) is 41.7. The van der Waals surface area contributed by atoms with E-state index in [-0.39, 0.29) is 25.6 Å². The largest absolute Gasteiger partial charge is 0.472 e. The Bertz CT molecular complexity index is 815. The average Bonchev–Trinajstić information content (AvgIpc) is 3.16. The molecule has 9 nitrogen and oxygen atoms in total. The fourth-order valence-corrected chi connectivity index (χ4v) is 7.56. The molecule has 0 fully saturated rings. The molecular weight excluding hydrogens is 703 g/mol. The first-order chi connectivity index (χ1) is 26.3. The van der Waals surface area contributed by atoms with E-state index in [1.165, 1.54) is 180 Å². The molecule has 3 N–H and O–H groups in total. The first kappa shape index (κ1) is 53.5. The lowest BCUT2D eigenvalue weighted by Gasteiger charge is -2.20. The number of carbonyl (C=O) groups excluding carboxylic acids is 1. The summed E-state index contributed by atoms with van der Waals surface area (Å²) in [6.45, 7) is 3.55. The van der Waals surface area contributed by atoms with E-state index in [0.717, 1.165) is 32.1 Å². The molecule has 10 heteroatoms. The highest BCUT2D eigenvalue weighted by Crippen LogP contribution is 2.43. The van der Waals surface area contributed by atoms with Crippen molar-refractivity contribution in [3.8, 4) is 0 Å². The third kappa shape index (κ3) is 41.1. The van der Waals surface area contributed by atoms with Crippen LogP contribution in [0.4, 0.5) is 0 Å². The van der Waals surface area contributed by atoms with Gasteiger partial charge in [-0.2, -0.15) is 0 Å². The zero-order chi connectivity index (χ0) is 39.6. The van der Waals surface area contributed by atoms with Gasteiger partial charge in [0.25, 0.3) is 0 Å². The molecule has 324 valence electrons. The molecule has 0 radical (unpaired) electrons. The third-order valence-corrected chi connectivity index (χ3v) is 11.2. The molecule has 0 heterocycles. The molecule has 0 aliphatic carbocycles. The summed E-state index contributed by atoms with van der Waals surface area (Å²) in [4.78, 5) is 22.5. The lowest BCUT2D eigenvalue weighted by molar-refractivity contribution is -0.154. The van der Waals surface area contributed by atoms with Gasteiger partial charge in [0, 0.05) is 13.0 Å². The molecule has 0 aromatic carbocycles. The molecule has 0 amide bonds. The Hall–Kier alpha value is -0.540. The molecule has 0 saturated heterocycles. The van der Waals surface area contributed by atoms with Crippen LogP contribution in [0.1, 0.15) is 232 Å². The molecule has 0 aliphatic rings. The second-order valence-corrected chi connectivity index (χ2v) is 17.2. The summed E-state index contributed by atoms with van der Waals surface area (Å²) in [5, 5.41) is 18.3. The lowest BCUT2D eigenvalue weighted by Crippen LogP contribution is -2.29. The van der Waals surface area contributed by atoms with Crippen molar-refractivity contribution in [3.05, 3.63) is 0 Å². The highest BCUT2D eigenvalue weighted by atomic mass is 31.2. The van der Waals surface area contributed by atoms with Crippen LogP contribution >= 0.6 is 7.82 Å². The normalized spacial score (nSPS) is 13.9. The van der Waals surface area contributed by atoms with Crippen molar-refractivity contribution in [1.82, 2.24) is 0 Å². The van der Waals surface area contributed by atoms with Gasteiger partial charge in [-0.15, -0.1) is 0 Å². The Balaban J connectivity index is 3.91. The van der Waals surface area contributed by atoms with Crippen molar-refractivity contribution < 1.29 is 43.0 Å². The highest BCUT2D eigenvalue weighted by Gasteiger charge is 2.26. The maximum atomic E-state index is 12.5. The van der Waals surface area contributed by atoms with Gasteiger partial charge in [0.15, 0.2) is 0 Å². The maximum absolute atomic E-state index is 12.5. The summed E-state index contributed by atoms with van der Waals surface area (Å²) in [6.07, 6.45) is 40.9. The summed E-state index contributed by atoms with van der Waals surface area (Å²) >= 11 is 0. The number of carbonyl (C=O) groups is 1. The number of phosphoric acid groups is 1. The van der Waals surface area contributed by atoms with Gasteiger partial charge in [-0.3, -0.25) is 13.8 Å². The number of unbranched alkanes of at least 4 members (excludes halogenated alkanes) is 31. The van der Waals surface area contributed by atoms with Crippen LogP contribution in [-0.2, 0) is 27.9 Å². The van der Waals surface area contributed by atoms with E-state index < -0.39 is 33.2 Å². The molecule has 0 saturated carbocycles. The van der Waals surface area contributed by atoms with E-state index in [0.29, 0.717) is 6.61 Å². The minimum atomic E-state index is -4.50. The number of hydrogen-bond acceptors (Lipinski definition) is 8. The van der Waals surface area contributed by atoms with E-state index in [9.17, 15) is 19.4 Å². The molecule has 0 spiro atoms. The number of rotatable bonds is 45. The van der Waals surface area contributed by atoms with Crippen molar-refractivity contribution in [2.45, 2.75) is 244 Å². The third-order valence-electron chi connectivity index (χ3n) is 10.3. The van der Waals surface area contributed by atoms with Crippen molar-refractivity contribution >= 4 is 13.8 Å². The van der Waals surface area contributed by atoms with Crippen molar-refractivity contribution in [1.29, 1.82) is 0 Å². The zero-order valence-corrected chi connectivity index (χ0v) is 36.4. The molecule has 0 bridgehead atoms. The minimum Gasteiger partial charge on any atom is -0.457 e. The molecule has 0 aliphatic heterocycles. The smallest absolute Gasteiger partial charge is 0.457 e. The van der Waals surface area contributed by atoms with E-state index in [2.05, 4.69) is 13.8 Å². The fourth-order valence-electron chi connectivity index (χ4n) is 6.77. The number of phosphoric ester groups is 1. The number of esters is 1. The Morgan fingerprint density at radius 1 is 0.500 bits per heavy atom. The van der Waals surface area contributed by atoms with Gasteiger partial charge in [-0.1, -0.05) is 213 Å². The second-order valence-electron chi connectivity index (χ2n) is 15.8. The van der Waals surface area contributed by atoms with Crippen molar-refractivity contribution in [2.75, 3.05) is 33.0 Å². The van der Waals surface area contributed by atoms with Crippen LogP contribution in [0.25, 0.3) is 0 Å². The summed E-state index contributed by atoms with van der Waals surface area (Å²) in [6, 6.07) is 0. The highest BCUT2D eigenvalue weighted by molar-refractivity contribution is 7.47. The van der Waals surface area contributed by atoms with Gasteiger partial charge < -0.3 is 24.6 Å². The topological polar surface area (TPSA) is 132 Å². The summed E-state index contributed by atoms with van der Waals surface area (Å²) in [7, 11) is -4.50. The van der Waals surface area contributed by atoms with E-state index >= 15 is 0 Å². The number of ether oxygens (including phenoxy) is 2. The molecule has 0 aromatic heterocycles. The summed E-state index contributed by atoms with van der Waals surface area (Å²) in [5.74, 6) is -0.380. The Labute approximate surface area is 333 Å². The molecule has 54 heavy (non-hydrogen) atoms. The van der Waals surface area contributed by atoms with Gasteiger partial charge in [0.05, 0.1) is 26.4 Å². The molecule has 0 rings (SSSR count). The summed E-state index contributed by atoms with van der Waals surface area (Å²) in [5.41, 5.74) is 0. The first-order valence-corrected chi connectivity index (χ1v) is 24.5. The van der Waals surface area contributed by atoms with Gasteiger partial charge in [-0.25, -0.2) is 4.57 Å². The SMILES string of the molecule is CCCCCCCCCCCCCCCCCCCCCCCCCCOCC(COP(=O)(O)OCC(O)CO)OC(=O)CCCCCCCCCCC. The Morgan fingerprint density at radius 2 is 0.833 bits per heavy atom. The molecule has 3 unspecified atom stereocenters. The van der Waals surface area contributed by atoms with Crippen LogP contribution in [-0.4, -0.2) is 66.3 Å². The minimum absolute atomic E-state index is 0.0577. The molecule has 3 atom stereocenters. The van der Waals surface area contributed by atoms with Crippen LogP contribution in [0.5, 0.6) is 0 Å². The van der Waals surface area contributed by atoms with Crippen molar-refractivity contribution in [2.24, 2.45) is 0 Å². The monoisotopic (exact) mass is 793 g/mol. The van der Waals surface area contributed by atoms with Gasteiger partial charge >= 0.3 is 13.8 Å². The fraction of sp³-hybridized carbons (Fsp3) is 0.977. The van der Waals surface area contributed by atoms with Gasteiger partial charge in [0.1, 0.15) is 12.2 Å². The van der Waals surface area contributed by atoms with E-state index in [1.54, 1.807) is 0 Å². The van der Waals surface area contributed by atoms with Gasteiger partial charge in [-0.05, 0) is 12.8 Å². The average molecular weight is 793 g/mol. The number of aliphatic hydroxyl groups excluding tert-OH is 2. The predicted octanol–water partition coefficient (Wildman–Crippen LogP) is 12.7. The van der Waals surface area contributed by atoms with Crippen molar-refractivity contribution in [3.63, 3.8) is 0 Å². The summed E-state index contributed by atoms with van der Waals surface area (Å²) < 4.78 is 33.3. The standard InChI is InChI=1S/C44H89O9P/c1-3-5-7-9-11-13-14-15-16-17-18-19-20-21-22-23-24-25-26-27-29-31-33-35-37-50-40-43(41-52-54(48,49)51-39-42(46)38-45)53-44(47)36-34-32-30-28-12-10-8-6-4-2/h42-43,45-46H,3-41H2,1-2H3,(H,48,49). The molecular formula is C44H89O9P. The second kappa shape index (κ2) is 42.1. The van der Waals surface area contributed by atoms with Crippen LogP contribution in [0.2, 0.25) is 0 Å². The molecule has 0 aromatic rings. The first-order valence-electron chi connectivity index (χ1n) is 23.0. The van der Waals surface area contributed by atoms with Gasteiger partial charge in [0.2, 0.25) is 0 Å². The van der Waals surface area contributed by atoms with Crippen LogP contribution < -0.4 is 0 Å². The number of aliphatic hydroxyl groups is 2. The maximum Gasteiger partial charge on any atom is 0.472 e. The number of hydrogen-bond donors (Lipinski definition) is 3. The van der Waals surface area contributed by atoms with Crippen LogP contribution in [0.15, 0.2) is 0 Å².